The highest BCUT2D eigenvalue weighted by atomic mass is 16.5. The van der Waals surface area contributed by atoms with Gasteiger partial charge in [-0.25, -0.2) is 5.84 Å². The van der Waals surface area contributed by atoms with Gasteiger partial charge in [0.25, 0.3) is 0 Å². The predicted octanol–water partition coefficient (Wildman–Crippen LogP) is 19.9. The number of hydrogen-bond acceptors (Lipinski definition) is 6. The Morgan fingerprint density at radius 2 is 0.712 bits per heavy atom. The number of rotatable bonds is 60. The molecule has 2 unspecified atom stereocenters. The summed E-state index contributed by atoms with van der Waals surface area (Å²) in [5.41, 5.74) is 0. The number of hydrogen-bond donors (Lipinski definition) is 3. The average Bonchev–Trinajstić information content (AvgIpc) is 3.39. The van der Waals surface area contributed by atoms with Crippen molar-refractivity contribution in [2.24, 2.45) is 5.84 Å². The van der Waals surface area contributed by atoms with Crippen LogP contribution in [-0.2, 0) is 14.3 Å². The van der Waals surface area contributed by atoms with Crippen LogP contribution < -0.4 is 5.84 Å². The minimum absolute atomic E-state index is 0.00210. The molecule has 0 rings (SSSR count). The quantitative estimate of drug-likeness (QED) is 0.0140. The van der Waals surface area contributed by atoms with E-state index in [0.717, 1.165) is 62.8 Å². The van der Waals surface area contributed by atoms with Crippen LogP contribution in [0, 0.1) is 0 Å². The van der Waals surface area contributed by atoms with Crippen LogP contribution in [0.1, 0.15) is 348 Å². The molecule has 0 aliphatic rings. The summed E-state index contributed by atoms with van der Waals surface area (Å²) in [4.78, 5) is 24.8. The van der Waals surface area contributed by atoms with Crippen molar-refractivity contribution < 1.29 is 24.5 Å². The van der Waals surface area contributed by atoms with Crippen LogP contribution in [0.5, 0.6) is 0 Å². The monoisotopic (exact) mass is 1030 g/mol. The van der Waals surface area contributed by atoms with Gasteiger partial charge in [-0.15, -0.1) is 0 Å². The topological polar surface area (TPSA) is 113 Å². The molecule has 0 radical (unpaired) electrons. The van der Waals surface area contributed by atoms with Gasteiger partial charge in [-0.3, -0.25) is 14.6 Å². The zero-order valence-corrected chi connectivity index (χ0v) is 48.9. The molecule has 73 heavy (non-hydrogen) atoms. The van der Waals surface area contributed by atoms with E-state index in [1.54, 1.807) is 6.08 Å². The Hall–Kier alpha value is -1.96. The maximum absolute atomic E-state index is 12.7. The minimum Gasteiger partial charge on any atom is -0.466 e. The summed E-state index contributed by atoms with van der Waals surface area (Å²) >= 11 is 0. The molecule has 430 valence electrons. The third kappa shape index (κ3) is 54.6. The average molecular weight is 1030 g/mol. The van der Waals surface area contributed by atoms with E-state index in [1.807, 2.05) is 6.08 Å². The zero-order chi connectivity index (χ0) is 53.0. The van der Waals surface area contributed by atoms with Crippen LogP contribution in [0.3, 0.4) is 0 Å². The van der Waals surface area contributed by atoms with Gasteiger partial charge in [-0.05, 0) is 64.2 Å². The Morgan fingerprint density at radius 3 is 1.10 bits per heavy atom. The molecule has 0 saturated carbocycles. The lowest BCUT2D eigenvalue weighted by molar-refractivity contribution is -0.144. The highest BCUT2D eigenvalue weighted by molar-refractivity contribution is 5.76. The van der Waals surface area contributed by atoms with Crippen molar-refractivity contribution in [2.45, 2.75) is 360 Å². The van der Waals surface area contributed by atoms with Gasteiger partial charge in [0.2, 0.25) is 5.91 Å². The highest BCUT2D eigenvalue weighted by Crippen LogP contribution is 2.18. The zero-order valence-electron chi connectivity index (χ0n) is 48.9. The standard InChI is InChI=1S/C66H126N2O5/c1-3-5-7-9-11-13-15-17-31-36-40-44-48-52-56-60-66(72)73-61-57-53-49-45-41-37-33-30-28-26-24-22-20-18-19-21-23-25-27-29-32-35-39-43-47-51-55-59-65(71)68(67)63(62-69)64(70)58-54-50-46-42-38-34-16-14-12-10-8-6-4-2/h11,13,17,31,54,58,63-64,69-70H,3-10,12,14-16,18-30,32-53,55-57,59-62,67H2,1-2H3/b13-11-,31-17-,58-54+. The molecular weight excluding hydrogens is 901 g/mol. The van der Waals surface area contributed by atoms with Crippen LogP contribution in [0.15, 0.2) is 36.5 Å². The number of hydrazine groups is 1. The summed E-state index contributed by atoms with van der Waals surface area (Å²) < 4.78 is 5.48. The molecule has 2 atom stereocenters. The number of unbranched alkanes of at least 4 members (excludes halogenated alkanes) is 45. The summed E-state index contributed by atoms with van der Waals surface area (Å²) in [6.07, 6.45) is 76.9. The Bertz CT molecular complexity index is 1200. The van der Waals surface area contributed by atoms with Gasteiger partial charge < -0.3 is 14.9 Å². The van der Waals surface area contributed by atoms with Crippen LogP contribution in [0.2, 0.25) is 0 Å². The Labute approximate surface area is 454 Å². The predicted molar refractivity (Wildman–Crippen MR) is 318 cm³/mol. The van der Waals surface area contributed by atoms with E-state index in [4.69, 9.17) is 10.6 Å². The van der Waals surface area contributed by atoms with Gasteiger partial charge in [0.1, 0.15) is 6.04 Å². The molecule has 7 nitrogen and oxygen atoms in total. The largest absolute Gasteiger partial charge is 0.466 e. The fraction of sp³-hybridized carbons (Fsp3) is 0.879. The van der Waals surface area contributed by atoms with Crippen molar-refractivity contribution >= 4 is 11.9 Å². The summed E-state index contributed by atoms with van der Waals surface area (Å²) in [5.74, 6) is 5.88. The summed E-state index contributed by atoms with van der Waals surface area (Å²) in [6.45, 7) is 4.78. The van der Waals surface area contributed by atoms with Crippen LogP contribution >= 0.6 is 0 Å². The molecule has 0 aromatic heterocycles. The maximum Gasteiger partial charge on any atom is 0.305 e. The van der Waals surface area contributed by atoms with E-state index in [0.29, 0.717) is 19.4 Å². The number of carbonyl (C=O) groups excluding carboxylic acids is 2. The Balaban J connectivity index is 3.41. The van der Waals surface area contributed by atoms with Crippen LogP contribution in [0.4, 0.5) is 0 Å². The van der Waals surface area contributed by atoms with Crippen molar-refractivity contribution in [3.05, 3.63) is 36.5 Å². The molecule has 0 aromatic carbocycles. The van der Waals surface area contributed by atoms with E-state index in [-0.39, 0.29) is 18.5 Å². The number of carbonyl (C=O) groups is 2. The van der Waals surface area contributed by atoms with E-state index in [9.17, 15) is 19.8 Å². The number of aliphatic hydroxyl groups is 2. The van der Waals surface area contributed by atoms with Crippen molar-refractivity contribution in [3.8, 4) is 0 Å². The first kappa shape index (κ1) is 71.0. The van der Waals surface area contributed by atoms with E-state index >= 15 is 0 Å². The number of allylic oxidation sites excluding steroid dienone is 5. The number of aliphatic hydroxyl groups excluding tert-OH is 2. The number of amides is 1. The van der Waals surface area contributed by atoms with Gasteiger partial charge >= 0.3 is 5.97 Å². The van der Waals surface area contributed by atoms with Crippen molar-refractivity contribution in [3.63, 3.8) is 0 Å². The van der Waals surface area contributed by atoms with E-state index < -0.39 is 12.1 Å². The molecule has 0 spiro atoms. The second kappa shape index (κ2) is 60.9. The lowest BCUT2D eigenvalue weighted by Crippen LogP contribution is -2.52. The first-order chi connectivity index (χ1) is 36.0. The van der Waals surface area contributed by atoms with Gasteiger partial charge in [0.05, 0.1) is 19.3 Å². The number of nitrogens with zero attached hydrogens (tertiary/aromatic N) is 1. The van der Waals surface area contributed by atoms with Crippen molar-refractivity contribution in [1.29, 1.82) is 0 Å². The first-order valence-electron chi connectivity index (χ1n) is 32.5. The van der Waals surface area contributed by atoms with Gasteiger partial charge in [0, 0.05) is 12.8 Å². The molecule has 0 aliphatic heterocycles. The Kier molecular flexibility index (Phi) is 59.3. The third-order valence-electron chi connectivity index (χ3n) is 15.2. The SMILES string of the molecule is CCCCC/C=C\C/C=C\CCCCCCCC(=O)OCCCCCCCCCCCCCCCCCCCCCCCCCCCCCC(=O)N(N)C(CO)C(O)/C=C/CCCCCCCCCCCCC. The molecule has 4 N–H and O–H groups in total. The molecule has 1 amide bonds. The lowest BCUT2D eigenvalue weighted by Gasteiger charge is -2.28. The highest BCUT2D eigenvalue weighted by Gasteiger charge is 2.25. The molecule has 0 heterocycles. The minimum atomic E-state index is -0.953. The molecule has 7 heteroatoms. The molecule has 0 saturated heterocycles. The van der Waals surface area contributed by atoms with Gasteiger partial charge in [0.15, 0.2) is 0 Å². The number of esters is 1. The van der Waals surface area contributed by atoms with Crippen LogP contribution in [-0.4, -0.2) is 52.5 Å². The Morgan fingerprint density at radius 1 is 0.411 bits per heavy atom. The smallest absolute Gasteiger partial charge is 0.305 e. The van der Waals surface area contributed by atoms with E-state index in [2.05, 4.69) is 38.2 Å². The molecule has 0 fully saturated rings. The summed E-state index contributed by atoms with van der Waals surface area (Å²) in [6, 6.07) is -0.796. The second-order valence-electron chi connectivity index (χ2n) is 22.3. The van der Waals surface area contributed by atoms with E-state index in [1.165, 1.54) is 263 Å². The fourth-order valence-electron chi connectivity index (χ4n) is 10.1. The third-order valence-corrected chi connectivity index (χ3v) is 15.2. The molecule has 0 aliphatic carbocycles. The van der Waals surface area contributed by atoms with Gasteiger partial charge in [-0.1, -0.05) is 307 Å². The lowest BCUT2D eigenvalue weighted by atomic mass is 10.0. The number of ether oxygens (including phenoxy) is 1. The van der Waals surface area contributed by atoms with Crippen molar-refractivity contribution in [2.75, 3.05) is 13.2 Å². The van der Waals surface area contributed by atoms with Crippen molar-refractivity contribution in [1.82, 2.24) is 5.01 Å². The molecule has 0 bridgehead atoms. The summed E-state index contributed by atoms with van der Waals surface area (Å²) in [7, 11) is 0. The normalized spacial score (nSPS) is 12.8. The van der Waals surface area contributed by atoms with Gasteiger partial charge in [-0.2, -0.15) is 0 Å². The number of nitrogens with two attached hydrogens (primary N) is 1. The molecular formula is C66H126N2O5. The second-order valence-corrected chi connectivity index (χ2v) is 22.3. The maximum atomic E-state index is 12.7. The fourth-order valence-corrected chi connectivity index (χ4v) is 10.1. The van der Waals surface area contributed by atoms with Crippen LogP contribution in [0.25, 0.3) is 0 Å². The summed E-state index contributed by atoms with van der Waals surface area (Å²) in [5, 5.41) is 21.5. The molecule has 0 aromatic rings. The first-order valence-corrected chi connectivity index (χ1v) is 32.5.